The Morgan fingerprint density at radius 2 is 2.30 bits per heavy atom. The quantitative estimate of drug-likeness (QED) is 0.712. The topological polar surface area (TPSA) is 93.3 Å². The van der Waals surface area contributed by atoms with Gasteiger partial charge in [0.1, 0.15) is 0 Å². The molecule has 7 nitrogen and oxygen atoms in total. The molecule has 2 heterocycles. The normalized spacial score (nSPS) is 19.7. The molecule has 7 heteroatoms. The first-order chi connectivity index (χ1) is 9.65. The molecule has 2 amide bonds. The van der Waals surface area contributed by atoms with Gasteiger partial charge in [0.15, 0.2) is 0 Å². The Hall–Kier alpha value is -1.89. The lowest BCUT2D eigenvalue weighted by Crippen LogP contribution is -2.46. The van der Waals surface area contributed by atoms with E-state index >= 15 is 0 Å². The van der Waals surface area contributed by atoms with Crippen LogP contribution in [0.2, 0.25) is 0 Å². The molecule has 0 aromatic carbocycles. The number of likely N-dealkylation sites (tertiary alicyclic amines) is 1. The monoisotopic (exact) mass is 279 g/mol. The van der Waals surface area contributed by atoms with Gasteiger partial charge in [-0.1, -0.05) is 0 Å². The van der Waals surface area contributed by atoms with E-state index in [1.54, 1.807) is 10.9 Å². The second-order valence-corrected chi connectivity index (χ2v) is 5.10. The summed E-state index contributed by atoms with van der Waals surface area (Å²) in [5.74, 6) is -0.350. The lowest BCUT2D eigenvalue weighted by molar-refractivity contribution is -0.128. The summed E-state index contributed by atoms with van der Waals surface area (Å²) in [5, 5.41) is 7.00. The van der Waals surface area contributed by atoms with Crippen molar-refractivity contribution in [1.82, 2.24) is 20.0 Å². The van der Waals surface area contributed by atoms with E-state index in [9.17, 15) is 9.59 Å². The molecule has 1 aromatic heterocycles. The molecular weight excluding hydrogens is 258 g/mol. The maximum Gasteiger partial charge on any atom is 0.231 e. The van der Waals surface area contributed by atoms with Crippen molar-refractivity contribution >= 4 is 11.8 Å². The van der Waals surface area contributed by atoms with Crippen LogP contribution in [0.3, 0.4) is 0 Å². The smallest absolute Gasteiger partial charge is 0.231 e. The molecule has 0 bridgehead atoms. The first kappa shape index (κ1) is 14.5. The van der Waals surface area contributed by atoms with Crippen LogP contribution < -0.4 is 11.1 Å². The minimum absolute atomic E-state index is 0.0475. The molecule has 0 radical (unpaired) electrons. The second-order valence-electron chi connectivity index (χ2n) is 5.10. The summed E-state index contributed by atoms with van der Waals surface area (Å²) in [5.41, 5.74) is 5.19. The number of amides is 2. The molecule has 110 valence electrons. The van der Waals surface area contributed by atoms with Crippen molar-refractivity contribution in [1.29, 1.82) is 0 Å². The van der Waals surface area contributed by atoms with Gasteiger partial charge in [0, 0.05) is 25.5 Å². The van der Waals surface area contributed by atoms with E-state index in [1.807, 2.05) is 17.2 Å². The van der Waals surface area contributed by atoms with Crippen molar-refractivity contribution in [2.45, 2.75) is 19.4 Å². The van der Waals surface area contributed by atoms with Crippen molar-refractivity contribution < 1.29 is 9.59 Å². The molecule has 1 aliphatic rings. The number of carbonyl (C=O) groups excluding carboxylic acids is 2. The van der Waals surface area contributed by atoms with Gasteiger partial charge < -0.3 is 11.1 Å². The number of hydrogen-bond acceptors (Lipinski definition) is 4. The standard InChI is InChI=1S/C13H21N5O2/c14-12(19)10-17-6-1-3-11(9-17)13(20)15-5-8-18-7-2-4-16-18/h2,4,7,11H,1,3,5-6,8-10H2,(H2,14,19)(H,15,20)/t11-/m0/s1. The molecule has 1 aromatic rings. The lowest BCUT2D eigenvalue weighted by Gasteiger charge is -2.30. The zero-order valence-corrected chi connectivity index (χ0v) is 11.5. The summed E-state index contributed by atoms with van der Waals surface area (Å²) in [6.07, 6.45) is 5.36. The van der Waals surface area contributed by atoms with Crippen molar-refractivity contribution in [2.75, 3.05) is 26.2 Å². The van der Waals surface area contributed by atoms with Crippen LogP contribution in [0, 0.1) is 5.92 Å². The number of nitrogens with zero attached hydrogens (tertiary/aromatic N) is 3. The first-order valence-corrected chi connectivity index (χ1v) is 6.91. The Morgan fingerprint density at radius 3 is 3.00 bits per heavy atom. The maximum absolute atomic E-state index is 12.1. The number of nitrogens with one attached hydrogen (secondary N) is 1. The van der Waals surface area contributed by atoms with Gasteiger partial charge in [-0.2, -0.15) is 5.10 Å². The van der Waals surface area contributed by atoms with Crippen LogP contribution in [0.5, 0.6) is 0 Å². The molecule has 1 aliphatic heterocycles. The van der Waals surface area contributed by atoms with Crippen LogP contribution in [-0.4, -0.2) is 52.7 Å². The molecule has 20 heavy (non-hydrogen) atoms. The zero-order valence-electron chi connectivity index (χ0n) is 11.5. The first-order valence-electron chi connectivity index (χ1n) is 6.91. The van der Waals surface area contributed by atoms with Crippen LogP contribution in [0.15, 0.2) is 18.5 Å². The minimum atomic E-state index is -0.343. The van der Waals surface area contributed by atoms with Crippen LogP contribution in [0.1, 0.15) is 12.8 Å². The molecule has 0 spiro atoms. The van der Waals surface area contributed by atoms with E-state index in [4.69, 9.17) is 5.73 Å². The Balaban J connectivity index is 1.72. The SMILES string of the molecule is NC(=O)CN1CCC[C@H](C(=O)NCCn2cccn2)C1. The fraction of sp³-hybridized carbons (Fsp3) is 0.615. The van der Waals surface area contributed by atoms with Gasteiger partial charge in [0.2, 0.25) is 11.8 Å². The van der Waals surface area contributed by atoms with E-state index in [0.29, 0.717) is 19.6 Å². The van der Waals surface area contributed by atoms with E-state index in [1.165, 1.54) is 0 Å². The number of carbonyl (C=O) groups is 2. The number of aromatic nitrogens is 2. The molecule has 0 saturated carbocycles. The van der Waals surface area contributed by atoms with Crippen molar-refractivity contribution in [3.8, 4) is 0 Å². The van der Waals surface area contributed by atoms with Crippen LogP contribution in [0.25, 0.3) is 0 Å². The predicted octanol–water partition coefficient (Wildman–Crippen LogP) is -0.803. The third-order valence-corrected chi connectivity index (χ3v) is 3.46. The average molecular weight is 279 g/mol. The largest absolute Gasteiger partial charge is 0.369 e. The summed E-state index contributed by atoms with van der Waals surface area (Å²) in [6.45, 7) is 2.90. The zero-order chi connectivity index (χ0) is 14.4. The summed E-state index contributed by atoms with van der Waals surface area (Å²) < 4.78 is 1.78. The number of hydrogen-bond donors (Lipinski definition) is 2. The van der Waals surface area contributed by atoms with E-state index in [-0.39, 0.29) is 24.3 Å². The summed E-state index contributed by atoms with van der Waals surface area (Å²) in [7, 11) is 0. The fourth-order valence-corrected chi connectivity index (χ4v) is 2.50. The fourth-order valence-electron chi connectivity index (χ4n) is 2.50. The number of rotatable bonds is 6. The van der Waals surface area contributed by atoms with Gasteiger partial charge in [0.25, 0.3) is 0 Å². The average Bonchev–Trinajstić information content (AvgIpc) is 2.91. The van der Waals surface area contributed by atoms with Gasteiger partial charge in [-0.3, -0.25) is 19.2 Å². The van der Waals surface area contributed by atoms with Crippen LogP contribution in [0.4, 0.5) is 0 Å². The highest BCUT2D eigenvalue weighted by Gasteiger charge is 2.26. The highest BCUT2D eigenvalue weighted by Crippen LogP contribution is 2.16. The van der Waals surface area contributed by atoms with E-state index in [2.05, 4.69) is 10.4 Å². The Labute approximate surface area is 118 Å². The molecule has 2 rings (SSSR count). The van der Waals surface area contributed by atoms with Crippen molar-refractivity contribution in [3.63, 3.8) is 0 Å². The Kier molecular flexibility index (Phi) is 5.11. The Bertz CT molecular complexity index is 446. The lowest BCUT2D eigenvalue weighted by atomic mass is 9.97. The summed E-state index contributed by atoms with van der Waals surface area (Å²) in [4.78, 5) is 24.9. The second kappa shape index (κ2) is 7.04. The molecule has 1 atom stereocenters. The third-order valence-electron chi connectivity index (χ3n) is 3.46. The number of piperidine rings is 1. The van der Waals surface area contributed by atoms with E-state index < -0.39 is 0 Å². The maximum atomic E-state index is 12.1. The van der Waals surface area contributed by atoms with Gasteiger partial charge in [-0.15, -0.1) is 0 Å². The summed E-state index contributed by atoms with van der Waals surface area (Å²) >= 11 is 0. The van der Waals surface area contributed by atoms with Crippen LogP contribution >= 0.6 is 0 Å². The van der Waals surface area contributed by atoms with Gasteiger partial charge >= 0.3 is 0 Å². The van der Waals surface area contributed by atoms with E-state index in [0.717, 1.165) is 19.4 Å². The minimum Gasteiger partial charge on any atom is -0.369 e. The highest BCUT2D eigenvalue weighted by atomic mass is 16.2. The molecule has 0 unspecified atom stereocenters. The third kappa shape index (κ3) is 4.34. The van der Waals surface area contributed by atoms with Gasteiger partial charge in [-0.25, -0.2) is 0 Å². The molecular formula is C13H21N5O2. The van der Waals surface area contributed by atoms with Crippen LogP contribution in [-0.2, 0) is 16.1 Å². The molecule has 0 aliphatic carbocycles. The number of primary amides is 1. The van der Waals surface area contributed by atoms with Gasteiger partial charge in [0.05, 0.1) is 19.0 Å². The van der Waals surface area contributed by atoms with Gasteiger partial charge in [-0.05, 0) is 25.5 Å². The Morgan fingerprint density at radius 1 is 1.45 bits per heavy atom. The number of nitrogens with two attached hydrogens (primary N) is 1. The molecule has 1 fully saturated rings. The highest BCUT2D eigenvalue weighted by molar-refractivity contribution is 5.79. The predicted molar refractivity (Wildman–Crippen MR) is 73.6 cm³/mol. The molecule has 1 saturated heterocycles. The molecule has 3 N–H and O–H groups in total. The summed E-state index contributed by atoms with van der Waals surface area (Å²) in [6, 6.07) is 1.85. The van der Waals surface area contributed by atoms with Crippen molar-refractivity contribution in [3.05, 3.63) is 18.5 Å². The van der Waals surface area contributed by atoms with Crippen molar-refractivity contribution in [2.24, 2.45) is 11.7 Å².